The molecule has 19 heavy (non-hydrogen) atoms. The zero-order valence-corrected chi connectivity index (χ0v) is 12.3. The van der Waals surface area contributed by atoms with Gasteiger partial charge in [0.15, 0.2) is 0 Å². The molecule has 0 heterocycles. The van der Waals surface area contributed by atoms with Crippen molar-refractivity contribution in [1.82, 2.24) is 0 Å². The Bertz CT molecular complexity index is 510. The van der Waals surface area contributed by atoms with Crippen molar-refractivity contribution in [1.29, 1.82) is 0 Å². The second-order valence-corrected chi connectivity index (χ2v) is 5.40. The van der Waals surface area contributed by atoms with E-state index in [1.54, 1.807) is 26.0 Å². The second kappa shape index (κ2) is 5.43. The Labute approximate surface area is 113 Å². The SMILES string of the molecule is COC(=O)c1ccc(C(=O)OC(C)(C)C)c(C)c1C. The Morgan fingerprint density at radius 3 is 1.74 bits per heavy atom. The molecule has 0 fully saturated rings. The molecule has 4 heteroatoms. The standard InChI is InChI=1S/C15H20O4/c1-9-10(2)12(14(17)19-15(3,4)5)8-7-11(9)13(16)18-6/h7-8H,1-6H3. The summed E-state index contributed by atoms with van der Waals surface area (Å²) < 4.78 is 10.0. The van der Waals surface area contributed by atoms with Crippen LogP contribution in [0.25, 0.3) is 0 Å². The van der Waals surface area contributed by atoms with Crippen molar-refractivity contribution in [2.24, 2.45) is 0 Å². The molecular formula is C15H20O4. The molecule has 0 aliphatic rings. The van der Waals surface area contributed by atoms with Gasteiger partial charge in [-0.15, -0.1) is 0 Å². The lowest BCUT2D eigenvalue weighted by Crippen LogP contribution is -2.24. The van der Waals surface area contributed by atoms with Crippen LogP contribution in [-0.4, -0.2) is 24.6 Å². The minimum absolute atomic E-state index is 0.385. The summed E-state index contributed by atoms with van der Waals surface area (Å²) in [7, 11) is 1.33. The van der Waals surface area contributed by atoms with Crippen LogP contribution in [-0.2, 0) is 9.47 Å². The minimum Gasteiger partial charge on any atom is -0.465 e. The highest BCUT2D eigenvalue weighted by atomic mass is 16.6. The highest BCUT2D eigenvalue weighted by Gasteiger charge is 2.21. The predicted molar refractivity (Wildman–Crippen MR) is 72.4 cm³/mol. The van der Waals surface area contributed by atoms with Crippen LogP contribution in [0, 0.1) is 13.8 Å². The zero-order valence-electron chi connectivity index (χ0n) is 12.3. The first kappa shape index (κ1) is 15.2. The number of esters is 2. The molecule has 0 spiro atoms. The number of carbonyl (C=O) groups excluding carboxylic acids is 2. The van der Waals surface area contributed by atoms with Gasteiger partial charge in [-0.2, -0.15) is 0 Å². The third-order valence-corrected chi connectivity index (χ3v) is 2.81. The van der Waals surface area contributed by atoms with Gasteiger partial charge in [-0.05, 0) is 57.9 Å². The van der Waals surface area contributed by atoms with Gasteiger partial charge >= 0.3 is 11.9 Å². The molecule has 0 atom stereocenters. The van der Waals surface area contributed by atoms with Crippen molar-refractivity contribution >= 4 is 11.9 Å². The van der Waals surface area contributed by atoms with Crippen molar-refractivity contribution < 1.29 is 19.1 Å². The monoisotopic (exact) mass is 264 g/mol. The van der Waals surface area contributed by atoms with Gasteiger partial charge in [-0.25, -0.2) is 9.59 Å². The van der Waals surface area contributed by atoms with Crippen LogP contribution < -0.4 is 0 Å². The second-order valence-electron chi connectivity index (χ2n) is 5.40. The van der Waals surface area contributed by atoms with Crippen LogP contribution in [0.5, 0.6) is 0 Å². The van der Waals surface area contributed by atoms with E-state index in [0.717, 1.165) is 11.1 Å². The minimum atomic E-state index is -0.543. The number of hydrogen-bond acceptors (Lipinski definition) is 4. The van der Waals surface area contributed by atoms with Gasteiger partial charge in [-0.1, -0.05) is 0 Å². The fraction of sp³-hybridized carbons (Fsp3) is 0.467. The van der Waals surface area contributed by atoms with E-state index in [9.17, 15) is 9.59 Å². The highest BCUT2D eigenvalue weighted by molar-refractivity contribution is 5.96. The van der Waals surface area contributed by atoms with Gasteiger partial charge in [0.25, 0.3) is 0 Å². The molecule has 0 amide bonds. The topological polar surface area (TPSA) is 52.6 Å². The molecule has 4 nitrogen and oxygen atoms in total. The molecule has 1 aromatic carbocycles. The van der Waals surface area contributed by atoms with E-state index < -0.39 is 11.6 Å². The Morgan fingerprint density at radius 2 is 1.37 bits per heavy atom. The third kappa shape index (κ3) is 3.56. The molecule has 1 rings (SSSR count). The molecule has 0 aromatic heterocycles. The van der Waals surface area contributed by atoms with Crippen molar-refractivity contribution in [3.05, 3.63) is 34.4 Å². The van der Waals surface area contributed by atoms with E-state index in [1.165, 1.54) is 7.11 Å². The zero-order chi connectivity index (χ0) is 14.8. The van der Waals surface area contributed by atoms with Crippen LogP contribution in [0.3, 0.4) is 0 Å². The molecule has 1 aromatic rings. The molecular weight excluding hydrogens is 244 g/mol. The summed E-state index contributed by atoms with van der Waals surface area (Å²) in [5.74, 6) is -0.791. The van der Waals surface area contributed by atoms with E-state index in [2.05, 4.69) is 0 Å². The fourth-order valence-electron chi connectivity index (χ4n) is 1.71. The lowest BCUT2D eigenvalue weighted by Gasteiger charge is -2.21. The molecule has 0 saturated carbocycles. The van der Waals surface area contributed by atoms with Crippen molar-refractivity contribution in [3.63, 3.8) is 0 Å². The smallest absolute Gasteiger partial charge is 0.338 e. The molecule has 0 N–H and O–H groups in total. The largest absolute Gasteiger partial charge is 0.465 e. The first-order valence-electron chi connectivity index (χ1n) is 6.09. The number of hydrogen-bond donors (Lipinski definition) is 0. The van der Waals surface area contributed by atoms with Gasteiger partial charge in [0.05, 0.1) is 18.2 Å². The average Bonchev–Trinajstić information content (AvgIpc) is 2.29. The molecule has 0 aliphatic heterocycles. The summed E-state index contributed by atoms with van der Waals surface area (Å²) in [6.45, 7) is 9.03. The number of methoxy groups -OCH3 is 1. The molecule has 0 aliphatic carbocycles. The average molecular weight is 264 g/mol. The summed E-state index contributed by atoms with van der Waals surface area (Å²) >= 11 is 0. The quantitative estimate of drug-likeness (QED) is 0.770. The molecule has 0 radical (unpaired) electrons. The fourth-order valence-corrected chi connectivity index (χ4v) is 1.71. The number of carbonyl (C=O) groups is 2. The third-order valence-electron chi connectivity index (χ3n) is 2.81. The van der Waals surface area contributed by atoms with Crippen LogP contribution >= 0.6 is 0 Å². The lowest BCUT2D eigenvalue weighted by atomic mass is 9.98. The normalized spacial score (nSPS) is 11.1. The predicted octanol–water partition coefficient (Wildman–Crippen LogP) is 3.05. The highest BCUT2D eigenvalue weighted by Crippen LogP contribution is 2.21. The van der Waals surface area contributed by atoms with Gasteiger partial charge in [0.2, 0.25) is 0 Å². The Morgan fingerprint density at radius 1 is 0.947 bits per heavy atom. The summed E-state index contributed by atoms with van der Waals surface area (Å²) in [5.41, 5.74) is 1.86. The molecule has 0 bridgehead atoms. The number of ether oxygens (including phenoxy) is 2. The summed E-state index contributed by atoms with van der Waals surface area (Å²) in [4.78, 5) is 23.6. The Kier molecular flexibility index (Phi) is 4.35. The van der Waals surface area contributed by atoms with Gasteiger partial charge < -0.3 is 9.47 Å². The van der Waals surface area contributed by atoms with Crippen LogP contribution in [0.15, 0.2) is 12.1 Å². The maximum Gasteiger partial charge on any atom is 0.338 e. The van der Waals surface area contributed by atoms with E-state index in [0.29, 0.717) is 11.1 Å². The Hall–Kier alpha value is -1.84. The van der Waals surface area contributed by atoms with Crippen molar-refractivity contribution in [2.45, 2.75) is 40.2 Å². The maximum atomic E-state index is 12.0. The van der Waals surface area contributed by atoms with E-state index in [1.807, 2.05) is 20.8 Å². The van der Waals surface area contributed by atoms with E-state index in [4.69, 9.17) is 9.47 Å². The summed E-state index contributed by atoms with van der Waals surface area (Å²) in [6, 6.07) is 3.19. The van der Waals surface area contributed by atoms with Gasteiger partial charge in [0.1, 0.15) is 5.60 Å². The van der Waals surface area contributed by atoms with Gasteiger partial charge in [0, 0.05) is 0 Å². The molecule has 0 unspecified atom stereocenters. The van der Waals surface area contributed by atoms with Crippen molar-refractivity contribution in [3.8, 4) is 0 Å². The Balaban J connectivity index is 3.16. The van der Waals surface area contributed by atoms with Crippen LogP contribution in [0.2, 0.25) is 0 Å². The lowest BCUT2D eigenvalue weighted by molar-refractivity contribution is 0.00682. The molecule has 0 saturated heterocycles. The molecule has 104 valence electrons. The summed E-state index contributed by atoms with van der Waals surface area (Å²) in [6.07, 6.45) is 0. The first-order chi connectivity index (χ1) is 8.67. The van der Waals surface area contributed by atoms with Crippen molar-refractivity contribution in [2.75, 3.05) is 7.11 Å². The summed E-state index contributed by atoms with van der Waals surface area (Å²) in [5, 5.41) is 0. The number of rotatable bonds is 2. The number of benzene rings is 1. The van der Waals surface area contributed by atoms with Crippen LogP contribution in [0.4, 0.5) is 0 Å². The van der Waals surface area contributed by atoms with E-state index in [-0.39, 0.29) is 5.97 Å². The van der Waals surface area contributed by atoms with E-state index >= 15 is 0 Å². The van der Waals surface area contributed by atoms with Gasteiger partial charge in [-0.3, -0.25) is 0 Å². The maximum absolute atomic E-state index is 12.0. The van der Waals surface area contributed by atoms with Crippen LogP contribution in [0.1, 0.15) is 52.6 Å². The first-order valence-corrected chi connectivity index (χ1v) is 6.09.